The third kappa shape index (κ3) is 8.35. The van der Waals surface area contributed by atoms with E-state index < -0.39 is 12.0 Å². The molecule has 1 rings (SSSR count). The lowest BCUT2D eigenvalue weighted by Crippen LogP contribution is -2.42. The third-order valence-corrected chi connectivity index (χ3v) is 3.41. The fourth-order valence-electron chi connectivity index (χ4n) is 2.15. The SMILES string of the molecule is C=CCCC(NC(=O)Cc1ccc(OCCOC)cc1)C(=O)OCC. The average molecular weight is 349 g/mol. The molecule has 0 spiro atoms. The summed E-state index contributed by atoms with van der Waals surface area (Å²) >= 11 is 0. The molecule has 0 saturated heterocycles. The Kier molecular flexibility index (Phi) is 10.0. The van der Waals surface area contributed by atoms with Crippen molar-refractivity contribution in [1.82, 2.24) is 5.32 Å². The highest BCUT2D eigenvalue weighted by atomic mass is 16.5. The van der Waals surface area contributed by atoms with Crippen LogP contribution >= 0.6 is 0 Å². The number of methoxy groups -OCH3 is 1. The molecule has 138 valence electrons. The van der Waals surface area contributed by atoms with Crippen LogP contribution in [0.1, 0.15) is 25.3 Å². The molecule has 1 aromatic carbocycles. The Morgan fingerprint density at radius 2 is 1.96 bits per heavy atom. The van der Waals surface area contributed by atoms with Gasteiger partial charge in [0, 0.05) is 7.11 Å². The Labute approximate surface area is 149 Å². The van der Waals surface area contributed by atoms with E-state index in [0.717, 1.165) is 11.3 Å². The minimum atomic E-state index is -0.651. The lowest BCUT2D eigenvalue weighted by molar-refractivity contribution is -0.147. The number of allylic oxidation sites excluding steroid dienone is 1. The fraction of sp³-hybridized carbons (Fsp3) is 0.474. The van der Waals surface area contributed by atoms with E-state index in [1.807, 2.05) is 12.1 Å². The molecule has 0 aromatic heterocycles. The van der Waals surface area contributed by atoms with Crippen LogP contribution in [-0.4, -0.2) is 44.8 Å². The van der Waals surface area contributed by atoms with Crippen molar-refractivity contribution in [3.8, 4) is 5.75 Å². The molecule has 1 unspecified atom stereocenters. The number of nitrogens with one attached hydrogen (secondary N) is 1. The average Bonchev–Trinajstić information content (AvgIpc) is 2.60. The molecule has 0 radical (unpaired) electrons. The van der Waals surface area contributed by atoms with Crippen LogP contribution in [0.25, 0.3) is 0 Å². The van der Waals surface area contributed by atoms with E-state index in [4.69, 9.17) is 14.2 Å². The molecule has 0 aliphatic heterocycles. The second kappa shape index (κ2) is 12.1. The van der Waals surface area contributed by atoms with E-state index in [0.29, 0.717) is 26.1 Å². The summed E-state index contributed by atoms with van der Waals surface area (Å²) in [7, 11) is 1.61. The smallest absolute Gasteiger partial charge is 0.328 e. The van der Waals surface area contributed by atoms with Gasteiger partial charge in [-0.2, -0.15) is 0 Å². The first-order valence-electron chi connectivity index (χ1n) is 8.38. The number of rotatable bonds is 12. The van der Waals surface area contributed by atoms with Crippen molar-refractivity contribution in [1.29, 1.82) is 0 Å². The molecule has 1 amide bonds. The standard InChI is InChI=1S/C19H27NO5/c1-4-6-7-17(19(22)24-5-2)20-18(21)14-15-8-10-16(11-9-15)25-13-12-23-3/h4,8-11,17H,1,5-7,12-14H2,2-3H3,(H,20,21). The Hall–Kier alpha value is -2.34. The molecular formula is C19H27NO5. The number of esters is 1. The lowest BCUT2D eigenvalue weighted by atomic mass is 10.1. The minimum Gasteiger partial charge on any atom is -0.491 e. The van der Waals surface area contributed by atoms with Gasteiger partial charge in [0.2, 0.25) is 5.91 Å². The predicted octanol–water partition coefficient (Wildman–Crippen LogP) is 2.27. The van der Waals surface area contributed by atoms with Gasteiger partial charge in [-0.3, -0.25) is 4.79 Å². The van der Waals surface area contributed by atoms with Gasteiger partial charge in [-0.25, -0.2) is 4.79 Å². The van der Waals surface area contributed by atoms with E-state index in [2.05, 4.69) is 11.9 Å². The molecule has 1 atom stereocenters. The minimum absolute atomic E-state index is 0.183. The lowest BCUT2D eigenvalue weighted by Gasteiger charge is -2.16. The van der Waals surface area contributed by atoms with Crippen molar-refractivity contribution in [3.05, 3.63) is 42.5 Å². The summed E-state index contributed by atoms with van der Waals surface area (Å²) in [6, 6.07) is 6.61. The van der Waals surface area contributed by atoms with E-state index in [-0.39, 0.29) is 18.9 Å². The van der Waals surface area contributed by atoms with Crippen molar-refractivity contribution in [2.75, 3.05) is 26.9 Å². The first kappa shape index (κ1) is 20.7. The van der Waals surface area contributed by atoms with E-state index in [1.54, 1.807) is 32.2 Å². The van der Waals surface area contributed by atoms with Crippen LogP contribution in [0.4, 0.5) is 0 Å². The highest BCUT2D eigenvalue weighted by Crippen LogP contribution is 2.13. The Morgan fingerprint density at radius 3 is 2.56 bits per heavy atom. The number of hydrogen-bond acceptors (Lipinski definition) is 5. The van der Waals surface area contributed by atoms with Gasteiger partial charge in [0.1, 0.15) is 18.4 Å². The van der Waals surface area contributed by atoms with Crippen molar-refractivity contribution in [2.45, 2.75) is 32.2 Å². The van der Waals surface area contributed by atoms with Crippen LogP contribution in [0.15, 0.2) is 36.9 Å². The first-order valence-corrected chi connectivity index (χ1v) is 8.38. The molecule has 0 saturated carbocycles. The number of carbonyl (C=O) groups excluding carboxylic acids is 2. The number of amides is 1. The zero-order chi connectivity index (χ0) is 18.5. The van der Waals surface area contributed by atoms with Crippen LogP contribution < -0.4 is 10.1 Å². The van der Waals surface area contributed by atoms with Crippen LogP contribution in [0, 0.1) is 0 Å². The van der Waals surface area contributed by atoms with Gasteiger partial charge in [-0.05, 0) is 37.5 Å². The molecule has 0 bridgehead atoms. The fourth-order valence-corrected chi connectivity index (χ4v) is 2.15. The maximum Gasteiger partial charge on any atom is 0.328 e. The number of ether oxygens (including phenoxy) is 3. The van der Waals surface area contributed by atoms with Crippen molar-refractivity contribution in [3.63, 3.8) is 0 Å². The van der Waals surface area contributed by atoms with Crippen LogP contribution in [0.3, 0.4) is 0 Å². The highest BCUT2D eigenvalue weighted by molar-refractivity contribution is 5.85. The van der Waals surface area contributed by atoms with Crippen LogP contribution in [-0.2, 0) is 25.5 Å². The van der Waals surface area contributed by atoms with Gasteiger partial charge in [0.15, 0.2) is 0 Å². The first-order chi connectivity index (χ1) is 12.1. The van der Waals surface area contributed by atoms with Gasteiger partial charge >= 0.3 is 5.97 Å². The summed E-state index contributed by atoms with van der Waals surface area (Å²) in [6.07, 6.45) is 2.99. The van der Waals surface area contributed by atoms with Gasteiger partial charge < -0.3 is 19.5 Å². The van der Waals surface area contributed by atoms with E-state index in [1.165, 1.54) is 0 Å². The second-order valence-corrected chi connectivity index (χ2v) is 5.40. The molecule has 0 aliphatic rings. The maximum absolute atomic E-state index is 12.2. The molecule has 6 nitrogen and oxygen atoms in total. The molecular weight excluding hydrogens is 322 g/mol. The molecule has 6 heteroatoms. The quantitative estimate of drug-likeness (QED) is 0.356. The molecule has 25 heavy (non-hydrogen) atoms. The van der Waals surface area contributed by atoms with Gasteiger partial charge in [0.25, 0.3) is 0 Å². The largest absolute Gasteiger partial charge is 0.491 e. The van der Waals surface area contributed by atoms with Crippen molar-refractivity contribution in [2.24, 2.45) is 0 Å². The number of benzene rings is 1. The molecule has 0 aliphatic carbocycles. The maximum atomic E-state index is 12.2. The van der Waals surface area contributed by atoms with Crippen molar-refractivity contribution < 1.29 is 23.8 Å². The summed E-state index contributed by atoms with van der Waals surface area (Å²) in [6.45, 7) is 6.64. The van der Waals surface area contributed by atoms with Crippen LogP contribution in [0.5, 0.6) is 5.75 Å². The van der Waals surface area contributed by atoms with E-state index >= 15 is 0 Å². The zero-order valence-electron chi connectivity index (χ0n) is 15.0. The monoisotopic (exact) mass is 349 g/mol. The molecule has 0 heterocycles. The van der Waals surface area contributed by atoms with Gasteiger partial charge in [-0.15, -0.1) is 6.58 Å². The van der Waals surface area contributed by atoms with Crippen LogP contribution in [0.2, 0.25) is 0 Å². The molecule has 0 fully saturated rings. The predicted molar refractivity (Wildman–Crippen MR) is 95.5 cm³/mol. The van der Waals surface area contributed by atoms with Gasteiger partial charge in [0.05, 0.1) is 19.6 Å². The summed E-state index contributed by atoms with van der Waals surface area (Å²) in [4.78, 5) is 24.1. The molecule has 1 N–H and O–H groups in total. The third-order valence-electron chi connectivity index (χ3n) is 3.41. The second-order valence-electron chi connectivity index (χ2n) is 5.40. The molecule has 1 aromatic rings. The summed E-state index contributed by atoms with van der Waals surface area (Å²) in [5, 5.41) is 2.73. The highest BCUT2D eigenvalue weighted by Gasteiger charge is 2.21. The number of carbonyl (C=O) groups is 2. The van der Waals surface area contributed by atoms with E-state index in [9.17, 15) is 9.59 Å². The Bertz CT molecular complexity index is 541. The topological polar surface area (TPSA) is 73.9 Å². The Morgan fingerprint density at radius 1 is 1.24 bits per heavy atom. The number of hydrogen-bond donors (Lipinski definition) is 1. The van der Waals surface area contributed by atoms with Gasteiger partial charge in [-0.1, -0.05) is 18.2 Å². The summed E-state index contributed by atoms with van der Waals surface area (Å²) < 4.78 is 15.4. The summed E-state index contributed by atoms with van der Waals surface area (Å²) in [5.41, 5.74) is 0.836. The normalized spacial score (nSPS) is 11.4. The zero-order valence-corrected chi connectivity index (χ0v) is 15.0. The Balaban J connectivity index is 2.54. The van der Waals surface area contributed by atoms with Crippen molar-refractivity contribution >= 4 is 11.9 Å². The summed E-state index contributed by atoms with van der Waals surface area (Å²) in [5.74, 6) is 0.0753.